The van der Waals surface area contributed by atoms with E-state index < -0.39 is 41.8 Å². The Balaban J connectivity index is 1.47. The van der Waals surface area contributed by atoms with Crippen molar-refractivity contribution in [1.82, 2.24) is 19.6 Å². The number of hydrogen-bond donors (Lipinski definition) is 3. The van der Waals surface area contributed by atoms with Crippen molar-refractivity contribution in [2.24, 2.45) is 5.16 Å². The number of likely N-dealkylation sites (N-methyl/N-ethyl adjacent to an activating group) is 1. The lowest BCUT2D eigenvalue weighted by Gasteiger charge is -2.50. The maximum absolute atomic E-state index is 13.0. The number of aromatic nitrogens is 2. The van der Waals surface area contributed by atoms with Gasteiger partial charge in [0.15, 0.2) is 5.13 Å². The summed E-state index contributed by atoms with van der Waals surface area (Å²) in [6.07, 6.45) is 6.42. The molecule has 0 spiro atoms. The molecule has 2 fully saturated rings. The number of hydrogen-bond acceptors (Lipinski definition) is 12. The molecule has 0 aromatic carbocycles. The van der Waals surface area contributed by atoms with Gasteiger partial charge >= 0.3 is 0 Å². The van der Waals surface area contributed by atoms with E-state index in [0.29, 0.717) is 24.6 Å². The Morgan fingerprint density at radius 1 is 1.47 bits per heavy atom. The largest absolute Gasteiger partial charge is 0.543 e. The van der Waals surface area contributed by atoms with E-state index in [2.05, 4.69) is 31.7 Å². The summed E-state index contributed by atoms with van der Waals surface area (Å²) in [5.41, 5.74) is 5.27. The van der Waals surface area contributed by atoms with E-state index in [1.54, 1.807) is 6.08 Å². The highest BCUT2D eigenvalue weighted by Gasteiger charge is 2.53. The van der Waals surface area contributed by atoms with E-state index in [-0.39, 0.29) is 29.0 Å². The molecule has 4 rings (SSSR count). The van der Waals surface area contributed by atoms with E-state index in [1.165, 1.54) is 11.8 Å². The van der Waals surface area contributed by atoms with Crippen molar-refractivity contribution in [2.75, 3.05) is 45.1 Å². The van der Waals surface area contributed by atoms with Gasteiger partial charge in [-0.15, -0.1) is 11.8 Å². The highest BCUT2D eigenvalue weighted by Crippen LogP contribution is 2.40. The molecule has 2 unspecified atom stereocenters. The second kappa shape index (κ2) is 11.8. The maximum Gasteiger partial charge on any atom is 0.278 e. The van der Waals surface area contributed by atoms with Crippen LogP contribution in [0.1, 0.15) is 25.1 Å². The Morgan fingerprint density at radius 3 is 2.92 bits per heavy atom. The Hall–Kier alpha value is -3.08. The monoisotopic (exact) mass is 569 g/mol. The van der Waals surface area contributed by atoms with Gasteiger partial charge in [0.1, 0.15) is 11.4 Å². The Bertz CT molecular complexity index is 1190. The van der Waals surface area contributed by atoms with E-state index in [4.69, 9.17) is 5.73 Å². The number of aliphatic hydroxyl groups is 1. The Kier molecular flexibility index (Phi) is 8.64. The fraction of sp³-hybridized carbons (Fsp3) is 0.545. The summed E-state index contributed by atoms with van der Waals surface area (Å²) in [7, 11) is 2.12. The molecular formula is C22H28FN7O6S2. The zero-order valence-corrected chi connectivity index (χ0v) is 22.2. The van der Waals surface area contributed by atoms with E-state index in [9.17, 15) is 29.0 Å². The normalized spacial score (nSPS) is 27.4. The van der Waals surface area contributed by atoms with Gasteiger partial charge in [0.25, 0.3) is 18.7 Å². The number of nitrogen functional groups attached to an aromatic ring is 1. The number of alkyl halides is 1. The predicted molar refractivity (Wildman–Crippen MR) is 135 cm³/mol. The Morgan fingerprint density at radius 2 is 2.26 bits per heavy atom. The first kappa shape index (κ1) is 27.9. The summed E-state index contributed by atoms with van der Waals surface area (Å²) in [6, 6.07) is -0.724. The van der Waals surface area contributed by atoms with Crippen LogP contribution in [0.4, 0.5) is 9.52 Å². The third kappa shape index (κ3) is 5.52. The molecule has 0 aliphatic carbocycles. The molecule has 3 aliphatic heterocycles. The summed E-state index contributed by atoms with van der Waals surface area (Å²) in [6.45, 7) is 0.448. The number of anilines is 1. The van der Waals surface area contributed by atoms with Gasteiger partial charge in [-0.3, -0.25) is 14.5 Å². The van der Waals surface area contributed by atoms with Gasteiger partial charge in [0, 0.05) is 43.2 Å². The number of oxime groups is 1. The van der Waals surface area contributed by atoms with Crippen molar-refractivity contribution in [3.8, 4) is 0 Å². The molecule has 1 aromatic heterocycles. The van der Waals surface area contributed by atoms with Gasteiger partial charge in [-0.25, -0.2) is 4.39 Å². The number of nitrogens with zero attached hydrogens (tertiary/aromatic N) is 5. The van der Waals surface area contributed by atoms with Crippen LogP contribution in [0.3, 0.4) is 0 Å². The lowest BCUT2D eigenvalue weighted by molar-refractivity contribution is -0.916. The van der Waals surface area contributed by atoms with Crippen LogP contribution in [-0.4, -0.2) is 104 Å². The average Bonchev–Trinajstić information content (AvgIpc) is 3.47. The molecule has 13 nitrogen and oxygen atoms in total. The fourth-order valence-electron chi connectivity index (χ4n) is 5.04. The third-order valence-corrected chi connectivity index (χ3v) is 8.79. The van der Waals surface area contributed by atoms with Gasteiger partial charge in [-0.2, -0.15) is 9.36 Å². The van der Waals surface area contributed by atoms with Crippen molar-refractivity contribution in [1.29, 1.82) is 0 Å². The number of allylic oxidation sites excluding steroid dienone is 1. The number of carbonyl (C=O) groups excluding carboxylic acids is 3. The topological polar surface area (TPSA) is 183 Å². The molecule has 1 aromatic rings. The molecule has 3 aliphatic rings. The minimum absolute atomic E-state index is 0.0449. The first-order valence-corrected chi connectivity index (χ1v) is 13.7. The lowest BCUT2D eigenvalue weighted by Crippen LogP contribution is -2.71. The molecule has 4 N–H and O–H groups in total. The average molecular weight is 570 g/mol. The number of β-lactam (4-membered cyclic amide) rings is 1. The number of aliphatic carboxylic acids is 1. The number of carboxylic acids is 1. The van der Waals surface area contributed by atoms with E-state index in [0.717, 1.165) is 40.3 Å². The standard InChI is InChI=1S/C22H28FN7O6S2/c1-30(8-3-5-13(30)6-9-31)7-2-4-12-10-37-20-15(19(33)29(20)16(12)21(34)35)25-18(32)14(27-36-11-23)17-26-22(24)38-28-17/h2,4,13,15,20,31H,3,5-11H2,1H3,(H3-,24,25,26,28,32,34,35)/b4-2+,27-14-/t13?,15-,20+,30?/m1/s1. The minimum Gasteiger partial charge on any atom is -0.543 e. The van der Waals surface area contributed by atoms with Crippen LogP contribution in [0, 0.1) is 0 Å². The quantitative estimate of drug-likeness (QED) is 0.126. The first-order valence-electron chi connectivity index (χ1n) is 11.9. The summed E-state index contributed by atoms with van der Waals surface area (Å²) in [4.78, 5) is 47.1. The van der Waals surface area contributed by atoms with Crippen LogP contribution in [0.2, 0.25) is 0 Å². The zero-order chi connectivity index (χ0) is 27.4. The van der Waals surface area contributed by atoms with Gasteiger partial charge in [-0.05, 0) is 11.6 Å². The maximum atomic E-state index is 13.0. The number of amides is 2. The van der Waals surface area contributed by atoms with Crippen molar-refractivity contribution in [3.05, 3.63) is 29.2 Å². The number of fused-ring (bicyclic) bond motifs is 1. The van der Waals surface area contributed by atoms with E-state index >= 15 is 0 Å². The summed E-state index contributed by atoms with van der Waals surface area (Å²) >= 11 is 2.08. The predicted octanol–water partition coefficient (Wildman–Crippen LogP) is -1.28. The van der Waals surface area contributed by atoms with Crippen molar-refractivity contribution in [2.45, 2.75) is 36.7 Å². The zero-order valence-electron chi connectivity index (χ0n) is 20.5. The summed E-state index contributed by atoms with van der Waals surface area (Å²) < 4.78 is 17.1. The van der Waals surface area contributed by atoms with Crippen molar-refractivity contribution in [3.63, 3.8) is 0 Å². The molecule has 2 saturated heterocycles. The molecule has 16 heteroatoms. The van der Waals surface area contributed by atoms with Crippen LogP contribution in [0.25, 0.3) is 0 Å². The number of nitrogens with two attached hydrogens (primary N) is 1. The van der Waals surface area contributed by atoms with Gasteiger partial charge < -0.3 is 35.4 Å². The van der Waals surface area contributed by atoms with Crippen LogP contribution < -0.4 is 16.2 Å². The van der Waals surface area contributed by atoms with Crippen LogP contribution >= 0.6 is 23.3 Å². The number of quaternary nitrogens is 1. The molecule has 0 radical (unpaired) electrons. The van der Waals surface area contributed by atoms with Crippen LogP contribution in [0.15, 0.2) is 28.6 Å². The first-order chi connectivity index (χ1) is 18.2. The van der Waals surface area contributed by atoms with E-state index in [1.807, 2.05) is 6.08 Å². The summed E-state index contributed by atoms with van der Waals surface area (Å²) in [5, 5.41) is 26.6. The highest BCUT2D eigenvalue weighted by molar-refractivity contribution is 8.00. The fourth-order valence-corrected chi connectivity index (χ4v) is 6.79. The third-order valence-electron chi connectivity index (χ3n) is 6.94. The van der Waals surface area contributed by atoms with Crippen LogP contribution in [-0.2, 0) is 19.2 Å². The molecule has 4 heterocycles. The number of nitrogens with one attached hydrogen (secondary N) is 1. The number of likely N-dealkylation sites (tertiary alicyclic amines) is 1. The second-order valence-corrected chi connectivity index (χ2v) is 11.1. The number of rotatable bonds is 11. The lowest BCUT2D eigenvalue weighted by atomic mass is 10.0. The van der Waals surface area contributed by atoms with Crippen LogP contribution in [0.5, 0.6) is 0 Å². The highest BCUT2D eigenvalue weighted by atomic mass is 32.2. The van der Waals surface area contributed by atoms with Gasteiger partial charge in [0.05, 0.1) is 37.8 Å². The minimum atomic E-state index is -1.49. The SMILES string of the molecule is C[N+]1(C/C=C/C2=C(C(=O)[O-])N3C(=O)[C@@H](NC(=O)/C(=N\OCF)c4nsc(N)n4)[C@@H]3SC2)CCCC1CCO. The number of carbonyl (C=O) groups is 3. The molecule has 0 bridgehead atoms. The van der Waals surface area contributed by atoms with Crippen molar-refractivity contribution >= 4 is 51.9 Å². The molecule has 2 amide bonds. The van der Waals surface area contributed by atoms with Crippen molar-refractivity contribution < 1.29 is 38.3 Å². The number of thioether (sulfide) groups is 1. The smallest absolute Gasteiger partial charge is 0.278 e. The molecule has 38 heavy (non-hydrogen) atoms. The Labute approximate surface area is 225 Å². The molecule has 206 valence electrons. The molecule has 4 atom stereocenters. The molecular weight excluding hydrogens is 541 g/mol. The second-order valence-electron chi connectivity index (χ2n) is 9.25. The number of carboxylic acid groups (broad SMARTS) is 1. The molecule has 0 saturated carbocycles. The number of halogens is 1. The van der Waals surface area contributed by atoms with Gasteiger partial charge in [-0.1, -0.05) is 11.2 Å². The summed E-state index contributed by atoms with van der Waals surface area (Å²) in [5.74, 6) is -2.95. The number of aliphatic hydroxyl groups excluding tert-OH is 1. The van der Waals surface area contributed by atoms with Gasteiger partial charge in [0.2, 0.25) is 11.5 Å².